The van der Waals surface area contributed by atoms with Crippen LogP contribution >= 0.6 is 23.2 Å². The van der Waals surface area contributed by atoms with Crippen LogP contribution in [0, 0.1) is 18.3 Å². The maximum absolute atomic E-state index is 13.7. The zero-order valence-electron chi connectivity index (χ0n) is 26.4. The first-order valence-corrected chi connectivity index (χ1v) is 15.9. The van der Waals surface area contributed by atoms with Gasteiger partial charge in [-0.15, -0.1) is 0 Å². The van der Waals surface area contributed by atoms with E-state index < -0.39 is 5.41 Å². The van der Waals surface area contributed by atoms with Gasteiger partial charge in [-0.3, -0.25) is 9.59 Å². The topological polar surface area (TPSA) is 79.3 Å². The SMILES string of the molecule is Cc1ccc(NC(=O)c2cc3nc(Cc4c(Cl)ccc(CNC(=O)C(C)(C)C)c4Cl)n(C)c3cc2N2CCCC(C)C2)cc1. The van der Waals surface area contributed by atoms with Gasteiger partial charge in [0.25, 0.3) is 5.91 Å². The fourth-order valence-electron chi connectivity index (χ4n) is 5.67. The molecular formula is C35H41Cl2N5O2. The molecule has 1 unspecified atom stereocenters. The normalized spacial score (nSPS) is 15.5. The number of nitrogens with zero attached hydrogens (tertiary/aromatic N) is 3. The van der Waals surface area contributed by atoms with Gasteiger partial charge in [0.05, 0.1) is 27.3 Å². The van der Waals surface area contributed by atoms with Gasteiger partial charge >= 0.3 is 0 Å². The van der Waals surface area contributed by atoms with E-state index in [1.165, 1.54) is 6.42 Å². The first-order valence-electron chi connectivity index (χ1n) is 15.2. The number of amides is 2. The minimum absolute atomic E-state index is 0.0541. The Morgan fingerprint density at radius 3 is 2.48 bits per heavy atom. The van der Waals surface area contributed by atoms with Crippen molar-refractivity contribution in [3.8, 4) is 0 Å². The molecule has 1 aliphatic rings. The van der Waals surface area contributed by atoms with Crippen LogP contribution in [0.25, 0.3) is 11.0 Å². The molecule has 1 aliphatic heterocycles. The monoisotopic (exact) mass is 633 g/mol. The van der Waals surface area contributed by atoms with E-state index in [2.05, 4.69) is 33.1 Å². The van der Waals surface area contributed by atoms with Crippen LogP contribution in [0.3, 0.4) is 0 Å². The molecule has 44 heavy (non-hydrogen) atoms. The molecule has 1 saturated heterocycles. The highest BCUT2D eigenvalue weighted by Gasteiger charge is 2.25. The largest absolute Gasteiger partial charge is 0.371 e. The third-order valence-corrected chi connectivity index (χ3v) is 9.19. The van der Waals surface area contributed by atoms with Gasteiger partial charge < -0.3 is 20.1 Å². The van der Waals surface area contributed by atoms with Crippen LogP contribution in [0.4, 0.5) is 11.4 Å². The molecule has 3 aromatic carbocycles. The summed E-state index contributed by atoms with van der Waals surface area (Å²) in [6.07, 6.45) is 2.66. The highest BCUT2D eigenvalue weighted by molar-refractivity contribution is 6.36. The van der Waals surface area contributed by atoms with E-state index in [1.807, 2.05) is 77.2 Å². The number of halogens is 2. The van der Waals surface area contributed by atoms with Crippen LogP contribution in [-0.2, 0) is 24.8 Å². The minimum atomic E-state index is -0.504. The molecule has 2 N–H and O–H groups in total. The van der Waals surface area contributed by atoms with Crippen molar-refractivity contribution in [1.82, 2.24) is 14.9 Å². The highest BCUT2D eigenvalue weighted by atomic mass is 35.5. The number of piperidine rings is 1. The van der Waals surface area contributed by atoms with E-state index >= 15 is 0 Å². The van der Waals surface area contributed by atoms with E-state index in [9.17, 15) is 9.59 Å². The van der Waals surface area contributed by atoms with Gasteiger partial charge in [-0.2, -0.15) is 0 Å². The van der Waals surface area contributed by atoms with Crippen molar-refractivity contribution < 1.29 is 9.59 Å². The first-order chi connectivity index (χ1) is 20.8. The molecule has 2 amide bonds. The van der Waals surface area contributed by atoms with Gasteiger partial charge in [0.15, 0.2) is 0 Å². The molecule has 1 aromatic heterocycles. The smallest absolute Gasteiger partial charge is 0.257 e. The Balaban J connectivity index is 1.50. The molecule has 232 valence electrons. The number of aromatic nitrogens is 2. The van der Waals surface area contributed by atoms with Gasteiger partial charge in [0, 0.05) is 49.2 Å². The number of imidazole rings is 1. The summed E-state index contributed by atoms with van der Waals surface area (Å²) in [6, 6.07) is 15.5. The van der Waals surface area contributed by atoms with Gasteiger partial charge in [-0.05, 0) is 67.1 Å². The van der Waals surface area contributed by atoms with Crippen molar-refractivity contribution in [2.75, 3.05) is 23.3 Å². The Hall–Kier alpha value is -3.55. The van der Waals surface area contributed by atoms with Crippen molar-refractivity contribution in [3.05, 3.63) is 86.7 Å². The molecule has 5 rings (SSSR count). The Bertz CT molecular complexity index is 1710. The fraction of sp³-hybridized carbons (Fsp3) is 0.400. The number of rotatable bonds is 7. The lowest BCUT2D eigenvalue weighted by Gasteiger charge is -2.34. The quantitative estimate of drug-likeness (QED) is 0.217. The number of benzene rings is 3. The van der Waals surface area contributed by atoms with Crippen LogP contribution < -0.4 is 15.5 Å². The van der Waals surface area contributed by atoms with Gasteiger partial charge in [0.2, 0.25) is 5.91 Å². The second kappa shape index (κ2) is 12.8. The molecule has 0 spiro atoms. The Morgan fingerprint density at radius 2 is 1.80 bits per heavy atom. The molecule has 0 aliphatic carbocycles. The predicted octanol–water partition coefficient (Wildman–Crippen LogP) is 7.93. The number of hydrogen-bond donors (Lipinski definition) is 2. The first kappa shape index (κ1) is 31.9. The molecule has 0 saturated carbocycles. The summed E-state index contributed by atoms with van der Waals surface area (Å²) in [7, 11) is 1.98. The highest BCUT2D eigenvalue weighted by Crippen LogP contribution is 2.34. The van der Waals surface area contributed by atoms with Crippen LogP contribution in [0.15, 0.2) is 48.5 Å². The number of nitrogens with one attached hydrogen (secondary N) is 2. The van der Waals surface area contributed by atoms with Gasteiger partial charge in [-0.25, -0.2) is 4.98 Å². The van der Waals surface area contributed by atoms with E-state index in [0.29, 0.717) is 34.5 Å². The number of anilines is 2. The molecule has 0 radical (unpaired) electrons. The third-order valence-electron chi connectivity index (χ3n) is 8.36. The zero-order valence-corrected chi connectivity index (χ0v) is 27.9. The fourth-order valence-corrected chi connectivity index (χ4v) is 6.24. The summed E-state index contributed by atoms with van der Waals surface area (Å²) in [5.74, 6) is 1.10. The number of fused-ring (bicyclic) bond motifs is 1. The Labute approximate surface area is 269 Å². The van der Waals surface area contributed by atoms with E-state index in [1.54, 1.807) is 0 Å². The maximum atomic E-state index is 13.7. The predicted molar refractivity (Wildman–Crippen MR) is 181 cm³/mol. The zero-order chi connectivity index (χ0) is 31.8. The lowest BCUT2D eigenvalue weighted by molar-refractivity contribution is -0.128. The van der Waals surface area contributed by atoms with Crippen molar-refractivity contribution in [2.24, 2.45) is 18.4 Å². The lowest BCUT2D eigenvalue weighted by atomic mass is 9.95. The number of carbonyl (C=O) groups is 2. The average molecular weight is 635 g/mol. The van der Waals surface area contributed by atoms with Crippen LogP contribution in [0.5, 0.6) is 0 Å². The van der Waals surface area contributed by atoms with Gasteiger partial charge in [-0.1, -0.05) is 74.7 Å². The molecular weight excluding hydrogens is 593 g/mol. The van der Waals surface area contributed by atoms with Gasteiger partial charge in [0.1, 0.15) is 5.82 Å². The lowest BCUT2D eigenvalue weighted by Crippen LogP contribution is -2.35. The second-order valence-corrected chi connectivity index (χ2v) is 13.9. The van der Waals surface area contributed by atoms with Crippen molar-refractivity contribution in [1.29, 1.82) is 0 Å². The van der Waals surface area contributed by atoms with E-state index in [0.717, 1.165) is 64.4 Å². The number of aryl methyl sites for hydroxylation is 2. The van der Waals surface area contributed by atoms with Crippen molar-refractivity contribution >= 4 is 57.4 Å². The van der Waals surface area contributed by atoms with Crippen LogP contribution in [0.2, 0.25) is 10.0 Å². The molecule has 2 heterocycles. The summed E-state index contributed by atoms with van der Waals surface area (Å²) >= 11 is 13.5. The molecule has 7 nitrogen and oxygen atoms in total. The summed E-state index contributed by atoms with van der Waals surface area (Å²) < 4.78 is 2.05. The van der Waals surface area contributed by atoms with Crippen LogP contribution in [0.1, 0.15) is 73.4 Å². The van der Waals surface area contributed by atoms with E-state index in [4.69, 9.17) is 28.2 Å². The summed E-state index contributed by atoms with van der Waals surface area (Å²) in [6.45, 7) is 12.0. The molecule has 0 bridgehead atoms. The molecule has 1 atom stereocenters. The Kier molecular flexibility index (Phi) is 9.28. The maximum Gasteiger partial charge on any atom is 0.257 e. The third kappa shape index (κ3) is 6.89. The standard InChI is InChI=1S/C35H41Cl2N5O2/c1-21-9-12-24(13-10-21)39-33(43)26-16-28-30(18-29(26)42-15-7-8-22(2)20-42)41(6)31(40-28)17-25-27(36)14-11-23(32(25)37)19-38-34(44)35(3,4)5/h9-14,16,18,22H,7-8,15,17,19-20H2,1-6H3,(H,38,44)(H,39,43). The van der Waals surface area contributed by atoms with Crippen molar-refractivity contribution in [3.63, 3.8) is 0 Å². The summed E-state index contributed by atoms with van der Waals surface area (Å²) in [5.41, 5.74) is 6.09. The minimum Gasteiger partial charge on any atom is -0.371 e. The molecule has 9 heteroatoms. The summed E-state index contributed by atoms with van der Waals surface area (Å²) in [5, 5.41) is 7.11. The number of carbonyl (C=O) groups excluding carboxylic acids is 2. The average Bonchev–Trinajstić information content (AvgIpc) is 3.28. The Morgan fingerprint density at radius 1 is 1.07 bits per heavy atom. The molecule has 4 aromatic rings. The van der Waals surface area contributed by atoms with E-state index in [-0.39, 0.29) is 11.8 Å². The molecule has 1 fully saturated rings. The second-order valence-electron chi connectivity index (χ2n) is 13.1. The number of hydrogen-bond acceptors (Lipinski definition) is 4. The van der Waals surface area contributed by atoms with Crippen molar-refractivity contribution in [2.45, 2.75) is 60.4 Å². The van der Waals surface area contributed by atoms with Crippen LogP contribution in [-0.4, -0.2) is 34.5 Å². The summed E-state index contributed by atoms with van der Waals surface area (Å²) in [4.78, 5) is 33.5.